The van der Waals surface area contributed by atoms with Crippen molar-refractivity contribution in [3.05, 3.63) is 69.8 Å². The van der Waals surface area contributed by atoms with Crippen molar-refractivity contribution in [2.75, 3.05) is 0 Å². The van der Waals surface area contributed by atoms with E-state index in [1.807, 2.05) is 0 Å². The van der Waals surface area contributed by atoms with Crippen molar-refractivity contribution < 1.29 is 22.4 Å². The van der Waals surface area contributed by atoms with E-state index in [2.05, 4.69) is 0 Å². The zero-order valence-corrected chi connectivity index (χ0v) is 11.3. The lowest BCUT2D eigenvalue weighted by Gasteiger charge is -2.12. The maximum absolute atomic E-state index is 13.7. The van der Waals surface area contributed by atoms with Gasteiger partial charge in [-0.3, -0.25) is 4.79 Å². The van der Waals surface area contributed by atoms with Gasteiger partial charge >= 0.3 is 0 Å². The summed E-state index contributed by atoms with van der Waals surface area (Å²) in [5.74, 6) is -5.60. The van der Waals surface area contributed by atoms with Gasteiger partial charge in [-0.15, -0.1) is 0 Å². The second-order valence-corrected chi connectivity index (χ2v) is 4.51. The van der Waals surface area contributed by atoms with Crippen LogP contribution in [0.2, 0.25) is 0 Å². The van der Waals surface area contributed by atoms with Gasteiger partial charge in [0.15, 0.2) is 29.1 Å². The predicted molar refractivity (Wildman–Crippen MR) is 71.9 cm³/mol. The van der Waals surface area contributed by atoms with Crippen molar-refractivity contribution >= 4 is 5.78 Å². The molecular weight excluding hydrogens is 300 g/mol. The monoisotopic (exact) mass is 312 g/mol. The van der Waals surface area contributed by atoms with Gasteiger partial charge in [0.05, 0.1) is 0 Å². The number of carbonyl (C=O) groups is 1. The van der Waals surface area contributed by atoms with Crippen LogP contribution in [0.1, 0.15) is 27.0 Å². The first-order valence-corrected chi connectivity index (χ1v) is 6.31. The van der Waals surface area contributed by atoms with Crippen molar-refractivity contribution in [2.24, 2.45) is 11.5 Å². The summed E-state index contributed by atoms with van der Waals surface area (Å²) in [5.41, 5.74) is 9.57. The molecular formula is C15H12F4N2O. The lowest BCUT2D eigenvalue weighted by atomic mass is 9.94. The first-order chi connectivity index (χ1) is 10.4. The van der Waals surface area contributed by atoms with E-state index in [9.17, 15) is 22.4 Å². The smallest absolute Gasteiger partial charge is 0.193 e. The summed E-state index contributed by atoms with van der Waals surface area (Å²) in [6, 6.07) is 3.63. The number of halogens is 4. The largest absolute Gasteiger partial charge is 0.326 e. The highest BCUT2D eigenvalue weighted by molar-refractivity contribution is 6.10. The van der Waals surface area contributed by atoms with Crippen molar-refractivity contribution in [1.82, 2.24) is 0 Å². The summed E-state index contributed by atoms with van der Waals surface area (Å²) < 4.78 is 53.8. The van der Waals surface area contributed by atoms with Crippen molar-refractivity contribution in [2.45, 2.75) is 13.1 Å². The molecule has 0 unspecified atom stereocenters. The highest BCUT2D eigenvalue weighted by Crippen LogP contribution is 2.24. The van der Waals surface area contributed by atoms with Gasteiger partial charge in [0.2, 0.25) is 0 Å². The zero-order chi connectivity index (χ0) is 16.4. The molecule has 22 heavy (non-hydrogen) atoms. The molecule has 0 saturated heterocycles. The number of hydrogen-bond donors (Lipinski definition) is 2. The average Bonchev–Trinajstić information content (AvgIpc) is 2.51. The second kappa shape index (κ2) is 6.25. The molecule has 0 amide bonds. The molecule has 7 heteroatoms. The highest BCUT2D eigenvalue weighted by Gasteiger charge is 2.23. The molecule has 2 aromatic carbocycles. The van der Waals surface area contributed by atoms with Gasteiger partial charge in [-0.1, -0.05) is 0 Å². The number of ketones is 1. The predicted octanol–water partition coefficient (Wildman–Crippen LogP) is 2.39. The highest BCUT2D eigenvalue weighted by atomic mass is 19.2. The Balaban J connectivity index is 2.64. The maximum atomic E-state index is 13.7. The van der Waals surface area contributed by atoms with Gasteiger partial charge in [-0.2, -0.15) is 0 Å². The number of nitrogens with two attached hydrogens (primary N) is 2. The fraction of sp³-hybridized carbons (Fsp3) is 0.133. The third-order valence-corrected chi connectivity index (χ3v) is 3.29. The number of rotatable bonds is 4. The fourth-order valence-corrected chi connectivity index (χ4v) is 2.15. The molecule has 116 valence electrons. The van der Waals surface area contributed by atoms with Gasteiger partial charge in [-0.25, -0.2) is 17.6 Å². The van der Waals surface area contributed by atoms with Crippen LogP contribution in [0, 0.1) is 23.3 Å². The molecule has 4 N–H and O–H groups in total. The van der Waals surface area contributed by atoms with E-state index in [4.69, 9.17) is 11.5 Å². The van der Waals surface area contributed by atoms with E-state index in [-0.39, 0.29) is 22.3 Å². The van der Waals surface area contributed by atoms with Crippen LogP contribution in [-0.2, 0) is 13.1 Å². The lowest BCUT2D eigenvalue weighted by Crippen LogP contribution is -2.16. The van der Waals surface area contributed by atoms with E-state index in [0.717, 1.165) is 24.3 Å². The average molecular weight is 312 g/mol. The molecule has 2 rings (SSSR count). The molecule has 0 radical (unpaired) electrons. The van der Waals surface area contributed by atoms with Crippen LogP contribution >= 0.6 is 0 Å². The minimum absolute atomic E-state index is 0.220. The molecule has 0 bridgehead atoms. The number of hydrogen-bond acceptors (Lipinski definition) is 3. The van der Waals surface area contributed by atoms with Crippen LogP contribution in [0.25, 0.3) is 0 Å². The SMILES string of the molecule is NCc1c(C(=O)c2ccc(F)c(F)c2CN)ccc(F)c1F. The Morgan fingerprint density at radius 3 is 1.45 bits per heavy atom. The number of benzene rings is 2. The third kappa shape index (κ3) is 2.60. The van der Waals surface area contributed by atoms with Crippen molar-refractivity contribution in [1.29, 1.82) is 0 Å². The van der Waals surface area contributed by atoms with E-state index in [1.54, 1.807) is 0 Å². The molecule has 0 saturated carbocycles. The summed E-state index contributed by atoms with van der Waals surface area (Å²) in [6.07, 6.45) is 0. The van der Waals surface area contributed by atoms with Gasteiger partial charge in [0, 0.05) is 35.3 Å². The Hall–Kier alpha value is -2.25. The standard InChI is InChI=1S/C15H12F4N2O/c16-11-3-1-7(9(5-20)13(11)18)15(22)8-2-4-12(17)14(19)10(8)6-21/h1-4H,5-6,20-21H2. The lowest BCUT2D eigenvalue weighted by molar-refractivity contribution is 0.103. The molecule has 0 aliphatic heterocycles. The summed E-state index contributed by atoms with van der Waals surface area (Å²) in [6.45, 7) is -0.849. The summed E-state index contributed by atoms with van der Waals surface area (Å²) in [4.78, 5) is 12.4. The Bertz CT molecular complexity index is 685. The first-order valence-electron chi connectivity index (χ1n) is 6.31. The van der Waals surface area contributed by atoms with Crippen LogP contribution in [0.15, 0.2) is 24.3 Å². The molecule has 0 fully saturated rings. The normalized spacial score (nSPS) is 10.8. The molecule has 0 aromatic heterocycles. The van der Waals surface area contributed by atoms with Gasteiger partial charge in [0.1, 0.15) is 0 Å². The van der Waals surface area contributed by atoms with E-state index in [0.29, 0.717) is 0 Å². The third-order valence-electron chi connectivity index (χ3n) is 3.29. The van der Waals surface area contributed by atoms with E-state index >= 15 is 0 Å². The van der Waals surface area contributed by atoms with Crippen molar-refractivity contribution in [3.8, 4) is 0 Å². The van der Waals surface area contributed by atoms with Crippen LogP contribution < -0.4 is 11.5 Å². The molecule has 0 atom stereocenters. The zero-order valence-electron chi connectivity index (χ0n) is 11.3. The second-order valence-electron chi connectivity index (χ2n) is 4.51. The summed E-state index contributed by atoms with van der Waals surface area (Å²) >= 11 is 0. The summed E-state index contributed by atoms with van der Waals surface area (Å²) in [7, 11) is 0. The van der Waals surface area contributed by atoms with Gasteiger partial charge in [-0.05, 0) is 24.3 Å². The Morgan fingerprint density at radius 1 is 0.773 bits per heavy atom. The van der Waals surface area contributed by atoms with Crippen molar-refractivity contribution in [3.63, 3.8) is 0 Å². The number of carbonyl (C=O) groups excluding carboxylic acids is 1. The van der Waals surface area contributed by atoms with E-state index < -0.39 is 42.1 Å². The quantitative estimate of drug-likeness (QED) is 0.673. The van der Waals surface area contributed by atoms with E-state index in [1.165, 1.54) is 0 Å². The van der Waals surface area contributed by atoms with Crippen LogP contribution in [0.3, 0.4) is 0 Å². The summed E-state index contributed by atoms with van der Waals surface area (Å²) in [5, 5.41) is 0. The molecule has 0 heterocycles. The van der Waals surface area contributed by atoms with Gasteiger partial charge < -0.3 is 11.5 Å². The molecule has 2 aromatic rings. The van der Waals surface area contributed by atoms with Gasteiger partial charge in [0.25, 0.3) is 0 Å². The van der Waals surface area contributed by atoms with Crippen LogP contribution in [-0.4, -0.2) is 5.78 Å². The fourth-order valence-electron chi connectivity index (χ4n) is 2.15. The molecule has 3 nitrogen and oxygen atoms in total. The van der Waals surface area contributed by atoms with Crippen LogP contribution in [0.4, 0.5) is 17.6 Å². The topological polar surface area (TPSA) is 69.1 Å². The molecule has 0 aliphatic rings. The molecule has 0 aliphatic carbocycles. The Labute approximate surface area is 123 Å². The Kier molecular flexibility index (Phi) is 4.58. The minimum Gasteiger partial charge on any atom is -0.326 e. The minimum atomic E-state index is -1.25. The molecule has 0 spiro atoms. The first kappa shape index (κ1) is 16.1. The Morgan fingerprint density at radius 2 is 1.14 bits per heavy atom. The maximum Gasteiger partial charge on any atom is 0.193 e. The van der Waals surface area contributed by atoms with Crippen LogP contribution in [0.5, 0.6) is 0 Å².